The molecule has 2 aromatic rings. The summed E-state index contributed by atoms with van der Waals surface area (Å²) in [4.78, 5) is 41.2. The second-order valence-electron chi connectivity index (χ2n) is 7.21. The summed E-state index contributed by atoms with van der Waals surface area (Å²) in [6, 6.07) is 9.26. The molecular formula is C19H21N3O5. The van der Waals surface area contributed by atoms with Crippen LogP contribution >= 0.6 is 0 Å². The molecule has 27 heavy (non-hydrogen) atoms. The van der Waals surface area contributed by atoms with Crippen LogP contribution in [0.1, 0.15) is 16.9 Å². The molecule has 1 aromatic heterocycles. The van der Waals surface area contributed by atoms with Crippen molar-refractivity contribution in [1.82, 2.24) is 15.2 Å². The van der Waals surface area contributed by atoms with E-state index in [0.717, 1.165) is 10.9 Å². The number of carbonyl (C=O) groups is 3. The Bertz CT molecular complexity index is 875. The van der Waals surface area contributed by atoms with Gasteiger partial charge in [0.1, 0.15) is 5.69 Å². The number of fused-ring (bicyclic) bond motifs is 2. The predicted octanol–water partition coefficient (Wildman–Crippen LogP) is 0.847. The quantitative estimate of drug-likeness (QED) is 0.738. The lowest BCUT2D eigenvalue weighted by molar-refractivity contribution is -0.157. The Hall–Kier alpha value is -2.87. The van der Waals surface area contributed by atoms with Crippen LogP contribution in [0.2, 0.25) is 0 Å². The fourth-order valence-electron chi connectivity index (χ4n) is 4.05. The van der Waals surface area contributed by atoms with Crippen molar-refractivity contribution >= 4 is 28.7 Å². The Kier molecular flexibility index (Phi) is 4.35. The van der Waals surface area contributed by atoms with Crippen LogP contribution < -0.4 is 5.32 Å². The number of rotatable bonds is 4. The Balaban J connectivity index is 1.39. The molecule has 3 heterocycles. The number of benzene rings is 1. The molecule has 8 heteroatoms. The monoisotopic (exact) mass is 371 g/mol. The van der Waals surface area contributed by atoms with Gasteiger partial charge in [-0.2, -0.15) is 0 Å². The molecule has 2 amide bonds. The number of nitrogens with zero attached hydrogens (tertiary/aromatic N) is 1. The van der Waals surface area contributed by atoms with Gasteiger partial charge >= 0.3 is 5.97 Å². The minimum atomic E-state index is -0.935. The second-order valence-corrected chi connectivity index (χ2v) is 7.21. The van der Waals surface area contributed by atoms with Crippen LogP contribution in [0.5, 0.6) is 0 Å². The van der Waals surface area contributed by atoms with E-state index in [1.54, 1.807) is 6.07 Å². The molecular weight excluding hydrogens is 350 g/mol. The van der Waals surface area contributed by atoms with Crippen LogP contribution in [0.3, 0.4) is 0 Å². The summed E-state index contributed by atoms with van der Waals surface area (Å²) in [6.45, 7) is 1.07. The molecule has 2 atom stereocenters. The van der Waals surface area contributed by atoms with Gasteiger partial charge in [0.2, 0.25) is 5.91 Å². The van der Waals surface area contributed by atoms with E-state index in [1.807, 2.05) is 24.3 Å². The first-order valence-corrected chi connectivity index (χ1v) is 8.94. The Labute approximate surface area is 155 Å². The average molecular weight is 371 g/mol. The van der Waals surface area contributed by atoms with Gasteiger partial charge in [0.05, 0.1) is 18.6 Å². The van der Waals surface area contributed by atoms with E-state index >= 15 is 0 Å². The van der Waals surface area contributed by atoms with Crippen LogP contribution in [-0.4, -0.2) is 65.6 Å². The SMILES string of the molecule is O=C(NCC(=O)N1C[C@H]2COCC[C@@]2(C(=O)O)C1)c1cc2ccccc2[nH]1. The molecule has 0 unspecified atom stereocenters. The number of ether oxygens (including phenoxy) is 1. The van der Waals surface area contributed by atoms with Crippen molar-refractivity contribution in [2.24, 2.45) is 11.3 Å². The number of amides is 2. The maximum Gasteiger partial charge on any atom is 0.311 e. The van der Waals surface area contributed by atoms with E-state index in [1.165, 1.54) is 4.90 Å². The van der Waals surface area contributed by atoms with Crippen LogP contribution in [0.25, 0.3) is 10.9 Å². The third kappa shape index (κ3) is 3.06. The zero-order chi connectivity index (χ0) is 19.0. The lowest BCUT2D eigenvalue weighted by atomic mass is 9.74. The van der Waals surface area contributed by atoms with Crippen molar-refractivity contribution in [3.05, 3.63) is 36.0 Å². The smallest absolute Gasteiger partial charge is 0.311 e. The number of aromatic nitrogens is 1. The molecule has 2 fully saturated rings. The van der Waals surface area contributed by atoms with Gasteiger partial charge in [0.25, 0.3) is 5.91 Å². The third-order valence-corrected chi connectivity index (χ3v) is 5.66. The van der Waals surface area contributed by atoms with Gasteiger partial charge in [-0.1, -0.05) is 18.2 Å². The molecule has 0 radical (unpaired) electrons. The summed E-state index contributed by atoms with van der Waals surface area (Å²) in [5, 5.41) is 13.2. The van der Waals surface area contributed by atoms with E-state index in [4.69, 9.17) is 4.74 Å². The molecule has 3 N–H and O–H groups in total. The van der Waals surface area contributed by atoms with Gasteiger partial charge in [-0.3, -0.25) is 14.4 Å². The Morgan fingerprint density at radius 3 is 2.89 bits per heavy atom. The largest absolute Gasteiger partial charge is 0.481 e. The van der Waals surface area contributed by atoms with E-state index in [9.17, 15) is 19.5 Å². The predicted molar refractivity (Wildman–Crippen MR) is 96.2 cm³/mol. The van der Waals surface area contributed by atoms with Crippen molar-refractivity contribution in [3.8, 4) is 0 Å². The Morgan fingerprint density at radius 1 is 1.33 bits per heavy atom. The number of carboxylic acid groups (broad SMARTS) is 1. The van der Waals surface area contributed by atoms with E-state index in [2.05, 4.69) is 10.3 Å². The highest BCUT2D eigenvalue weighted by molar-refractivity contribution is 5.99. The first-order valence-electron chi connectivity index (χ1n) is 8.94. The maximum atomic E-state index is 12.5. The minimum absolute atomic E-state index is 0.164. The number of hydrogen-bond acceptors (Lipinski definition) is 4. The maximum absolute atomic E-state index is 12.5. The normalized spacial score (nSPS) is 24.6. The van der Waals surface area contributed by atoms with Crippen LogP contribution in [0.4, 0.5) is 0 Å². The number of carbonyl (C=O) groups excluding carboxylic acids is 2. The first-order chi connectivity index (χ1) is 13.0. The topological polar surface area (TPSA) is 112 Å². The lowest BCUT2D eigenvalue weighted by Crippen LogP contribution is -2.45. The fraction of sp³-hybridized carbons (Fsp3) is 0.421. The highest BCUT2D eigenvalue weighted by Crippen LogP contribution is 2.42. The van der Waals surface area contributed by atoms with Crippen LogP contribution in [0.15, 0.2) is 30.3 Å². The molecule has 0 bridgehead atoms. The van der Waals surface area contributed by atoms with Crippen molar-refractivity contribution in [3.63, 3.8) is 0 Å². The highest BCUT2D eigenvalue weighted by Gasteiger charge is 2.54. The summed E-state index contributed by atoms with van der Waals surface area (Å²) >= 11 is 0. The summed E-state index contributed by atoms with van der Waals surface area (Å²) in [5.74, 6) is -1.74. The summed E-state index contributed by atoms with van der Waals surface area (Å²) in [7, 11) is 0. The van der Waals surface area contributed by atoms with E-state index < -0.39 is 11.4 Å². The van der Waals surface area contributed by atoms with Crippen molar-refractivity contribution < 1.29 is 24.2 Å². The van der Waals surface area contributed by atoms with Crippen LogP contribution in [0, 0.1) is 11.3 Å². The molecule has 2 aliphatic rings. The minimum Gasteiger partial charge on any atom is -0.481 e. The number of para-hydroxylation sites is 1. The average Bonchev–Trinajstić information content (AvgIpc) is 3.28. The molecule has 0 aliphatic carbocycles. The summed E-state index contributed by atoms with van der Waals surface area (Å²) in [6.07, 6.45) is 0.401. The number of nitrogens with one attached hydrogen (secondary N) is 2. The van der Waals surface area contributed by atoms with Crippen molar-refractivity contribution in [2.75, 3.05) is 32.8 Å². The molecule has 8 nitrogen and oxygen atoms in total. The van der Waals surface area contributed by atoms with Gasteiger partial charge in [-0.05, 0) is 18.6 Å². The van der Waals surface area contributed by atoms with E-state index in [-0.39, 0.29) is 30.8 Å². The van der Waals surface area contributed by atoms with Gasteiger partial charge < -0.3 is 25.0 Å². The van der Waals surface area contributed by atoms with Gasteiger partial charge in [0.15, 0.2) is 0 Å². The molecule has 0 spiro atoms. The number of likely N-dealkylation sites (tertiary alicyclic amines) is 1. The van der Waals surface area contributed by atoms with Crippen molar-refractivity contribution in [1.29, 1.82) is 0 Å². The third-order valence-electron chi connectivity index (χ3n) is 5.66. The molecule has 2 aliphatic heterocycles. The number of H-pyrrole nitrogens is 1. The van der Waals surface area contributed by atoms with E-state index in [0.29, 0.717) is 31.9 Å². The van der Waals surface area contributed by atoms with Gasteiger partial charge in [0, 0.05) is 36.5 Å². The molecule has 142 valence electrons. The standard InChI is InChI=1S/C19H21N3O5/c23-16(22-9-13-10-27-6-5-19(13,11-22)18(25)26)8-20-17(24)15-7-12-3-1-2-4-14(12)21-15/h1-4,7,13,21H,5-6,8-11H2,(H,20,24)(H,25,26)/t13-,19+/m0/s1. The number of hydrogen-bond donors (Lipinski definition) is 3. The lowest BCUT2D eigenvalue weighted by Gasteiger charge is -2.33. The van der Waals surface area contributed by atoms with Gasteiger partial charge in [-0.15, -0.1) is 0 Å². The van der Waals surface area contributed by atoms with Crippen molar-refractivity contribution in [2.45, 2.75) is 6.42 Å². The summed E-state index contributed by atoms with van der Waals surface area (Å²) in [5.41, 5.74) is 0.297. The molecule has 4 rings (SSSR count). The number of carboxylic acids is 1. The molecule has 2 saturated heterocycles. The molecule has 0 saturated carbocycles. The Morgan fingerprint density at radius 2 is 2.15 bits per heavy atom. The highest BCUT2D eigenvalue weighted by atomic mass is 16.5. The first kappa shape index (κ1) is 17.5. The zero-order valence-corrected chi connectivity index (χ0v) is 14.7. The summed E-state index contributed by atoms with van der Waals surface area (Å²) < 4.78 is 5.40. The van der Waals surface area contributed by atoms with Crippen LogP contribution in [-0.2, 0) is 14.3 Å². The van der Waals surface area contributed by atoms with Gasteiger partial charge in [-0.25, -0.2) is 0 Å². The molecule has 1 aromatic carbocycles. The zero-order valence-electron chi connectivity index (χ0n) is 14.7. The number of aromatic amines is 1. The second kappa shape index (κ2) is 6.70. The fourth-order valence-corrected chi connectivity index (χ4v) is 4.05. The number of aliphatic carboxylic acids is 1.